The Labute approximate surface area is 91.5 Å². The van der Waals surface area contributed by atoms with E-state index in [1.165, 1.54) is 11.3 Å². The molecule has 7 heteroatoms. The third-order valence-electron chi connectivity index (χ3n) is 2.21. The molecular formula is C8H13N5OS. The molecule has 82 valence electrons. The van der Waals surface area contributed by atoms with Gasteiger partial charge in [-0.3, -0.25) is 5.32 Å². The first kappa shape index (κ1) is 10.3. The Morgan fingerprint density at radius 2 is 2.60 bits per heavy atom. The highest BCUT2D eigenvalue weighted by atomic mass is 32.1. The summed E-state index contributed by atoms with van der Waals surface area (Å²) in [4.78, 5) is 11.5. The molecular weight excluding hydrogens is 214 g/mol. The molecule has 3 N–H and O–H groups in total. The molecule has 0 spiro atoms. The average Bonchev–Trinajstić information content (AvgIpc) is 2.71. The van der Waals surface area contributed by atoms with Crippen molar-refractivity contribution in [2.45, 2.75) is 18.9 Å². The van der Waals surface area contributed by atoms with Gasteiger partial charge in [-0.05, 0) is 19.4 Å². The van der Waals surface area contributed by atoms with Gasteiger partial charge in [0, 0.05) is 12.6 Å². The minimum atomic E-state index is -0.208. The van der Waals surface area contributed by atoms with E-state index < -0.39 is 0 Å². The fourth-order valence-electron chi connectivity index (χ4n) is 1.52. The third-order valence-corrected chi connectivity index (χ3v) is 2.82. The molecule has 1 aromatic heterocycles. The van der Waals surface area contributed by atoms with E-state index in [0.717, 1.165) is 25.9 Å². The first-order chi connectivity index (χ1) is 7.34. The van der Waals surface area contributed by atoms with E-state index in [2.05, 4.69) is 26.1 Å². The summed E-state index contributed by atoms with van der Waals surface area (Å²) >= 11 is 1.30. The number of hydrogen-bond donors (Lipinski definition) is 3. The molecule has 2 rings (SSSR count). The fraction of sp³-hybridized carbons (Fsp3) is 0.625. The Morgan fingerprint density at radius 3 is 3.27 bits per heavy atom. The van der Waals surface area contributed by atoms with E-state index in [1.807, 2.05) is 0 Å². The van der Waals surface area contributed by atoms with Crippen LogP contribution in [0.5, 0.6) is 0 Å². The molecule has 0 bridgehead atoms. The van der Waals surface area contributed by atoms with Crippen molar-refractivity contribution in [1.29, 1.82) is 0 Å². The average molecular weight is 227 g/mol. The van der Waals surface area contributed by atoms with Gasteiger partial charge in [-0.2, -0.15) is 0 Å². The van der Waals surface area contributed by atoms with Crippen LogP contribution in [-0.4, -0.2) is 35.4 Å². The molecule has 2 heterocycles. The lowest BCUT2D eigenvalue weighted by atomic mass is 10.1. The molecule has 1 unspecified atom stereocenters. The number of piperidine rings is 1. The molecule has 0 saturated carbocycles. The number of nitrogens with one attached hydrogen (secondary N) is 3. The summed E-state index contributed by atoms with van der Waals surface area (Å²) in [5.41, 5.74) is 1.58. The molecule has 6 nitrogen and oxygen atoms in total. The molecule has 0 radical (unpaired) electrons. The van der Waals surface area contributed by atoms with Crippen LogP contribution in [0.1, 0.15) is 12.8 Å². The van der Waals surface area contributed by atoms with Gasteiger partial charge in [0.05, 0.1) is 0 Å². The number of hydrogen-bond acceptors (Lipinski definition) is 5. The second kappa shape index (κ2) is 5.04. The van der Waals surface area contributed by atoms with Crippen LogP contribution < -0.4 is 16.0 Å². The van der Waals surface area contributed by atoms with Crippen LogP contribution in [0, 0.1) is 0 Å². The highest BCUT2D eigenvalue weighted by Gasteiger charge is 2.15. The summed E-state index contributed by atoms with van der Waals surface area (Å²) in [5.74, 6) is 0. The van der Waals surface area contributed by atoms with Crippen LogP contribution in [0.3, 0.4) is 0 Å². The minimum Gasteiger partial charge on any atom is -0.334 e. The number of aromatic nitrogens is 2. The molecule has 1 fully saturated rings. The topological polar surface area (TPSA) is 78.9 Å². The molecule has 1 aliphatic heterocycles. The lowest BCUT2D eigenvalue weighted by Crippen LogP contribution is -2.47. The van der Waals surface area contributed by atoms with Gasteiger partial charge in [0.1, 0.15) is 5.51 Å². The second-order valence-electron chi connectivity index (χ2n) is 3.39. The van der Waals surface area contributed by atoms with Crippen molar-refractivity contribution in [1.82, 2.24) is 20.8 Å². The minimum absolute atomic E-state index is 0.208. The zero-order valence-electron chi connectivity index (χ0n) is 8.19. The van der Waals surface area contributed by atoms with Gasteiger partial charge in [-0.15, -0.1) is 10.2 Å². The van der Waals surface area contributed by atoms with Crippen molar-refractivity contribution in [3.8, 4) is 0 Å². The van der Waals surface area contributed by atoms with Gasteiger partial charge in [-0.25, -0.2) is 4.79 Å². The quantitative estimate of drug-likeness (QED) is 0.684. The van der Waals surface area contributed by atoms with E-state index in [9.17, 15) is 4.79 Å². The summed E-state index contributed by atoms with van der Waals surface area (Å²) in [6.07, 6.45) is 2.13. The Hall–Kier alpha value is -1.21. The maximum atomic E-state index is 11.5. The smallest absolute Gasteiger partial charge is 0.321 e. The first-order valence-electron chi connectivity index (χ1n) is 4.89. The second-order valence-corrected chi connectivity index (χ2v) is 4.22. The Morgan fingerprint density at radius 1 is 1.67 bits per heavy atom. The van der Waals surface area contributed by atoms with E-state index in [4.69, 9.17) is 0 Å². The number of urea groups is 1. The maximum absolute atomic E-state index is 11.5. The van der Waals surface area contributed by atoms with Crippen molar-refractivity contribution < 1.29 is 4.79 Å². The van der Waals surface area contributed by atoms with Gasteiger partial charge < -0.3 is 10.6 Å². The standard InChI is InChI=1S/C8H13N5OS/c14-7(12-8-13-10-5-15-8)11-6-2-1-3-9-4-6/h5-6,9H,1-4H2,(H2,11,12,13,14). The highest BCUT2D eigenvalue weighted by Crippen LogP contribution is 2.08. The summed E-state index contributed by atoms with van der Waals surface area (Å²) < 4.78 is 0. The van der Waals surface area contributed by atoms with Crippen LogP contribution in [0.15, 0.2) is 5.51 Å². The fourth-order valence-corrected chi connectivity index (χ4v) is 1.96. The van der Waals surface area contributed by atoms with E-state index in [1.54, 1.807) is 5.51 Å². The van der Waals surface area contributed by atoms with Gasteiger partial charge in [0.25, 0.3) is 0 Å². The van der Waals surface area contributed by atoms with Crippen molar-refractivity contribution >= 4 is 22.5 Å². The lowest BCUT2D eigenvalue weighted by molar-refractivity contribution is 0.245. The zero-order valence-corrected chi connectivity index (χ0v) is 9.01. The van der Waals surface area contributed by atoms with Crippen molar-refractivity contribution in [2.24, 2.45) is 0 Å². The van der Waals surface area contributed by atoms with Crippen molar-refractivity contribution in [3.63, 3.8) is 0 Å². The summed E-state index contributed by atoms with van der Waals surface area (Å²) in [6, 6.07) is 0.00659. The number of carbonyl (C=O) groups excluding carboxylic acids is 1. The number of anilines is 1. The molecule has 0 aromatic carbocycles. The van der Waals surface area contributed by atoms with Gasteiger partial charge >= 0.3 is 6.03 Å². The number of rotatable bonds is 2. The van der Waals surface area contributed by atoms with Gasteiger partial charge in [0.2, 0.25) is 5.13 Å². The molecule has 1 aromatic rings. The zero-order chi connectivity index (χ0) is 10.5. The first-order valence-corrected chi connectivity index (χ1v) is 5.77. The molecule has 15 heavy (non-hydrogen) atoms. The molecule has 2 amide bonds. The third kappa shape index (κ3) is 3.14. The van der Waals surface area contributed by atoms with Crippen LogP contribution in [-0.2, 0) is 0 Å². The van der Waals surface area contributed by atoms with Crippen LogP contribution in [0.4, 0.5) is 9.93 Å². The van der Waals surface area contributed by atoms with E-state index in [0.29, 0.717) is 5.13 Å². The van der Waals surface area contributed by atoms with Gasteiger partial charge in [-0.1, -0.05) is 11.3 Å². The predicted octanol–water partition coefficient (Wildman–Crippen LogP) is 0.412. The molecule has 1 atom stereocenters. The van der Waals surface area contributed by atoms with Crippen LogP contribution in [0.2, 0.25) is 0 Å². The summed E-state index contributed by atoms with van der Waals surface area (Å²) in [7, 11) is 0. The number of carbonyl (C=O) groups is 1. The van der Waals surface area contributed by atoms with Gasteiger partial charge in [0.15, 0.2) is 0 Å². The summed E-state index contributed by atoms with van der Waals surface area (Å²) in [5, 5.41) is 16.6. The normalized spacial score (nSPS) is 20.9. The SMILES string of the molecule is O=C(Nc1nncs1)NC1CCCNC1. The van der Waals surface area contributed by atoms with Crippen LogP contribution in [0.25, 0.3) is 0 Å². The summed E-state index contributed by atoms with van der Waals surface area (Å²) in [6.45, 7) is 1.87. The predicted molar refractivity (Wildman–Crippen MR) is 58.0 cm³/mol. The van der Waals surface area contributed by atoms with E-state index >= 15 is 0 Å². The van der Waals surface area contributed by atoms with Crippen molar-refractivity contribution in [2.75, 3.05) is 18.4 Å². The molecule has 0 aliphatic carbocycles. The lowest BCUT2D eigenvalue weighted by Gasteiger charge is -2.23. The highest BCUT2D eigenvalue weighted by molar-refractivity contribution is 7.13. The monoisotopic (exact) mass is 227 g/mol. The van der Waals surface area contributed by atoms with E-state index in [-0.39, 0.29) is 12.1 Å². The number of amides is 2. The largest absolute Gasteiger partial charge is 0.334 e. The van der Waals surface area contributed by atoms with Crippen molar-refractivity contribution in [3.05, 3.63) is 5.51 Å². The Kier molecular flexibility index (Phi) is 3.46. The van der Waals surface area contributed by atoms with Crippen LogP contribution >= 0.6 is 11.3 Å². The molecule has 1 aliphatic rings. The number of nitrogens with zero attached hydrogens (tertiary/aromatic N) is 2. The Balaban J connectivity index is 1.76. The molecule has 1 saturated heterocycles. The maximum Gasteiger partial charge on any atom is 0.321 e. The Bertz CT molecular complexity index is 309.